The SMILES string of the molecule is Cc1cnc2c(N)c(C(=O)NC3CCc4c(ccc(N5CCNCC5)c4C)C3)sc2n1. The van der Waals surface area contributed by atoms with Crippen molar-refractivity contribution in [2.75, 3.05) is 36.8 Å². The molecule has 1 atom stereocenters. The Kier molecular flexibility index (Phi) is 5.27. The van der Waals surface area contributed by atoms with Crippen molar-refractivity contribution in [2.24, 2.45) is 0 Å². The second kappa shape index (κ2) is 8.09. The van der Waals surface area contributed by atoms with Gasteiger partial charge in [0.1, 0.15) is 15.2 Å². The van der Waals surface area contributed by atoms with Gasteiger partial charge in [-0.25, -0.2) is 9.97 Å². The van der Waals surface area contributed by atoms with Gasteiger partial charge in [-0.3, -0.25) is 4.79 Å². The molecule has 31 heavy (non-hydrogen) atoms. The number of aromatic nitrogens is 2. The number of piperazine rings is 1. The fraction of sp³-hybridized carbons (Fsp3) is 0.435. The highest BCUT2D eigenvalue weighted by atomic mass is 32.1. The first-order chi connectivity index (χ1) is 15.0. The van der Waals surface area contributed by atoms with E-state index in [4.69, 9.17) is 5.73 Å². The first-order valence-electron chi connectivity index (χ1n) is 10.9. The number of thiophene rings is 1. The average molecular weight is 437 g/mol. The Morgan fingerprint density at radius 2 is 2.10 bits per heavy atom. The molecule has 7 nitrogen and oxygen atoms in total. The predicted octanol–water partition coefficient (Wildman–Crippen LogP) is 2.59. The molecule has 1 unspecified atom stereocenters. The van der Waals surface area contributed by atoms with Crippen LogP contribution in [0.1, 0.15) is 38.5 Å². The molecule has 2 aliphatic rings. The number of nitrogen functional groups attached to an aromatic ring is 1. The highest BCUT2D eigenvalue weighted by Gasteiger charge is 2.26. The van der Waals surface area contributed by atoms with Crippen LogP contribution in [0, 0.1) is 13.8 Å². The van der Waals surface area contributed by atoms with Crippen molar-refractivity contribution in [1.82, 2.24) is 20.6 Å². The molecule has 0 bridgehead atoms. The van der Waals surface area contributed by atoms with Gasteiger partial charge in [0.15, 0.2) is 0 Å². The lowest BCUT2D eigenvalue weighted by Crippen LogP contribution is -2.44. The molecule has 4 N–H and O–H groups in total. The lowest BCUT2D eigenvalue weighted by atomic mass is 9.85. The second-order valence-electron chi connectivity index (χ2n) is 8.51. The van der Waals surface area contributed by atoms with Gasteiger partial charge in [-0.2, -0.15) is 0 Å². The largest absolute Gasteiger partial charge is 0.396 e. The van der Waals surface area contributed by atoms with Crippen molar-refractivity contribution in [1.29, 1.82) is 0 Å². The molecule has 1 aliphatic carbocycles. The summed E-state index contributed by atoms with van der Waals surface area (Å²) in [6.45, 7) is 8.31. The van der Waals surface area contributed by atoms with E-state index in [1.165, 1.54) is 33.7 Å². The molecule has 0 radical (unpaired) electrons. The van der Waals surface area contributed by atoms with Gasteiger partial charge < -0.3 is 21.3 Å². The summed E-state index contributed by atoms with van der Waals surface area (Å²) in [6.07, 6.45) is 4.45. The Hall–Kier alpha value is -2.71. The number of hydrogen-bond acceptors (Lipinski definition) is 7. The van der Waals surface area contributed by atoms with Crippen LogP contribution >= 0.6 is 11.3 Å². The van der Waals surface area contributed by atoms with E-state index < -0.39 is 0 Å². The van der Waals surface area contributed by atoms with Crippen molar-refractivity contribution in [3.63, 3.8) is 0 Å². The van der Waals surface area contributed by atoms with Gasteiger partial charge in [0.05, 0.1) is 11.4 Å². The minimum atomic E-state index is -0.123. The van der Waals surface area contributed by atoms with E-state index in [1.54, 1.807) is 6.20 Å². The molecule has 1 aromatic carbocycles. The summed E-state index contributed by atoms with van der Waals surface area (Å²) in [7, 11) is 0. The Morgan fingerprint density at radius 1 is 1.29 bits per heavy atom. The number of nitrogens with two attached hydrogens (primary N) is 1. The Bertz CT molecular complexity index is 1150. The fourth-order valence-corrected chi connectivity index (χ4v) is 5.79. The monoisotopic (exact) mass is 436 g/mol. The van der Waals surface area contributed by atoms with Crippen LogP contribution in [0.25, 0.3) is 10.3 Å². The quantitative estimate of drug-likeness (QED) is 0.584. The molecular weight excluding hydrogens is 408 g/mol. The van der Waals surface area contributed by atoms with Crippen molar-refractivity contribution < 1.29 is 4.79 Å². The summed E-state index contributed by atoms with van der Waals surface area (Å²) in [6, 6.07) is 4.62. The van der Waals surface area contributed by atoms with E-state index in [9.17, 15) is 4.79 Å². The number of nitrogens with one attached hydrogen (secondary N) is 2. The molecule has 0 saturated carbocycles. The molecule has 1 saturated heterocycles. The van der Waals surface area contributed by atoms with Crippen LogP contribution < -0.4 is 21.3 Å². The number of carbonyl (C=O) groups is 1. The third-order valence-corrected chi connectivity index (χ3v) is 7.52. The molecule has 1 aliphatic heterocycles. The van der Waals surface area contributed by atoms with Gasteiger partial charge in [0.2, 0.25) is 0 Å². The van der Waals surface area contributed by atoms with Crippen LogP contribution in [-0.4, -0.2) is 48.1 Å². The number of carbonyl (C=O) groups excluding carboxylic acids is 1. The van der Waals surface area contributed by atoms with E-state index in [0.717, 1.165) is 51.1 Å². The number of hydrogen-bond donors (Lipinski definition) is 3. The molecule has 8 heteroatoms. The molecular formula is C23H28N6OS. The first-order valence-corrected chi connectivity index (χ1v) is 11.7. The summed E-state index contributed by atoms with van der Waals surface area (Å²) in [4.78, 5) is 25.5. The summed E-state index contributed by atoms with van der Waals surface area (Å²) in [5.74, 6) is -0.123. The molecule has 5 rings (SSSR count). The average Bonchev–Trinajstić information content (AvgIpc) is 3.10. The maximum Gasteiger partial charge on any atom is 0.263 e. The third-order valence-electron chi connectivity index (χ3n) is 6.43. The van der Waals surface area contributed by atoms with Crippen LogP contribution in [0.5, 0.6) is 0 Å². The maximum atomic E-state index is 13.0. The van der Waals surface area contributed by atoms with Crippen LogP contribution in [-0.2, 0) is 12.8 Å². The number of rotatable bonds is 3. The summed E-state index contributed by atoms with van der Waals surface area (Å²) < 4.78 is 0. The van der Waals surface area contributed by atoms with E-state index in [0.29, 0.717) is 20.9 Å². The molecule has 0 spiro atoms. The number of aryl methyl sites for hydroxylation is 1. The van der Waals surface area contributed by atoms with Crippen molar-refractivity contribution in [2.45, 2.75) is 39.2 Å². The number of benzene rings is 1. The van der Waals surface area contributed by atoms with E-state index in [-0.39, 0.29) is 11.9 Å². The van der Waals surface area contributed by atoms with Gasteiger partial charge in [-0.1, -0.05) is 6.07 Å². The topological polar surface area (TPSA) is 96.2 Å². The van der Waals surface area contributed by atoms with Crippen molar-refractivity contribution in [3.05, 3.63) is 45.6 Å². The van der Waals surface area contributed by atoms with Crippen LogP contribution in [0.2, 0.25) is 0 Å². The lowest BCUT2D eigenvalue weighted by Gasteiger charge is -2.33. The zero-order chi connectivity index (χ0) is 21.5. The lowest BCUT2D eigenvalue weighted by molar-refractivity contribution is 0.0938. The summed E-state index contributed by atoms with van der Waals surface area (Å²) in [5.41, 5.74) is 13.6. The number of nitrogens with zero attached hydrogens (tertiary/aromatic N) is 3. The summed E-state index contributed by atoms with van der Waals surface area (Å²) >= 11 is 1.32. The van der Waals surface area contributed by atoms with Gasteiger partial charge in [0, 0.05) is 44.1 Å². The molecule has 2 aromatic heterocycles. The highest BCUT2D eigenvalue weighted by Crippen LogP contribution is 2.33. The fourth-order valence-electron chi connectivity index (χ4n) is 4.79. The van der Waals surface area contributed by atoms with E-state index in [1.807, 2.05) is 6.92 Å². The Morgan fingerprint density at radius 3 is 2.90 bits per heavy atom. The van der Waals surface area contributed by atoms with Gasteiger partial charge in [0.25, 0.3) is 5.91 Å². The number of fused-ring (bicyclic) bond motifs is 2. The van der Waals surface area contributed by atoms with Crippen LogP contribution in [0.15, 0.2) is 18.3 Å². The minimum Gasteiger partial charge on any atom is -0.396 e. The smallest absolute Gasteiger partial charge is 0.263 e. The second-order valence-corrected chi connectivity index (χ2v) is 9.51. The van der Waals surface area contributed by atoms with Crippen molar-refractivity contribution in [3.8, 4) is 0 Å². The molecule has 3 aromatic rings. The molecule has 1 amide bonds. The third kappa shape index (κ3) is 3.74. The van der Waals surface area contributed by atoms with Gasteiger partial charge in [-0.05, 0) is 55.9 Å². The van der Waals surface area contributed by atoms with E-state index in [2.05, 4.69) is 44.6 Å². The molecule has 162 valence electrons. The predicted molar refractivity (Wildman–Crippen MR) is 126 cm³/mol. The molecule has 1 fully saturated rings. The Balaban J connectivity index is 1.32. The van der Waals surface area contributed by atoms with Gasteiger partial charge >= 0.3 is 0 Å². The van der Waals surface area contributed by atoms with E-state index >= 15 is 0 Å². The van der Waals surface area contributed by atoms with Gasteiger partial charge in [-0.15, -0.1) is 11.3 Å². The highest BCUT2D eigenvalue weighted by molar-refractivity contribution is 7.21. The number of anilines is 2. The normalized spacial score (nSPS) is 18.8. The standard InChI is InChI=1S/C23H28N6OS/c1-13-12-26-20-19(24)21(31-23(20)27-13)22(30)28-16-4-5-17-14(2)18(6-3-15(17)11-16)29-9-7-25-8-10-29/h3,6,12,16,25H,4-5,7-11,24H2,1-2H3,(H,28,30). The summed E-state index contributed by atoms with van der Waals surface area (Å²) in [5, 5.41) is 6.63. The maximum absolute atomic E-state index is 13.0. The number of amides is 1. The van der Waals surface area contributed by atoms with Crippen LogP contribution in [0.3, 0.4) is 0 Å². The zero-order valence-electron chi connectivity index (χ0n) is 18.0. The van der Waals surface area contributed by atoms with Crippen molar-refractivity contribution >= 4 is 39.0 Å². The minimum absolute atomic E-state index is 0.108. The zero-order valence-corrected chi connectivity index (χ0v) is 18.8. The Labute approximate surface area is 186 Å². The molecule has 3 heterocycles. The van der Waals surface area contributed by atoms with Crippen LogP contribution in [0.4, 0.5) is 11.4 Å². The first kappa shape index (κ1) is 20.2.